The number of allylic oxidation sites excluding steroid dienone is 1. The summed E-state index contributed by atoms with van der Waals surface area (Å²) in [4.78, 5) is 17.6. The van der Waals surface area contributed by atoms with E-state index in [9.17, 15) is 4.79 Å². The van der Waals surface area contributed by atoms with Crippen molar-refractivity contribution in [2.75, 3.05) is 26.2 Å². The molecule has 1 aromatic carbocycles. The van der Waals surface area contributed by atoms with E-state index in [1.54, 1.807) is 0 Å². The molecule has 27 heavy (non-hydrogen) atoms. The van der Waals surface area contributed by atoms with Gasteiger partial charge in [0.25, 0.3) is 0 Å². The number of nitrogens with zero attached hydrogens (tertiary/aromatic N) is 2. The summed E-state index contributed by atoms with van der Waals surface area (Å²) >= 11 is 0. The van der Waals surface area contributed by atoms with Crippen LogP contribution in [0.15, 0.2) is 30.3 Å². The van der Waals surface area contributed by atoms with Crippen LogP contribution in [0.1, 0.15) is 64.0 Å². The second-order valence-electron chi connectivity index (χ2n) is 8.81. The maximum absolute atomic E-state index is 12.9. The van der Waals surface area contributed by atoms with Crippen molar-refractivity contribution in [2.24, 2.45) is 5.92 Å². The Labute approximate surface area is 165 Å². The van der Waals surface area contributed by atoms with E-state index in [4.69, 9.17) is 0 Å². The number of piperidine rings is 1. The van der Waals surface area contributed by atoms with Crippen LogP contribution >= 0.6 is 0 Å². The Morgan fingerprint density at radius 2 is 1.78 bits per heavy atom. The lowest BCUT2D eigenvalue weighted by molar-refractivity contribution is -0.127. The van der Waals surface area contributed by atoms with Gasteiger partial charge in [0, 0.05) is 25.2 Å². The molecule has 2 heterocycles. The van der Waals surface area contributed by atoms with Crippen LogP contribution in [0, 0.1) is 5.92 Å². The number of amides is 1. The summed E-state index contributed by atoms with van der Waals surface area (Å²) in [6.45, 7) is 10.9. The molecule has 2 aliphatic rings. The molecule has 3 nitrogen and oxygen atoms in total. The second-order valence-corrected chi connectivity index (χ2v) is 8.81. The predicted octanol–water partition coefficient (Wildman–Crippen LogP) is 4.77. The first-order valence-electron chi connectivity index (χ1n) is 10.8. The standard InChI is InChI=1S/C24H36N2O/c1-19(2)16-21-9-11-22(12-10-21)20(3)17-24(27)26-15-7-8-23(26)18-25-13-5-4-6-14-25/h9-12,17,19,23H,4-8,13-16,18H2,1-3H3. The van der Waals surface area contributed by atoms with Crippen molar-refractivity contribution in [3.8, 4) is 0 Å². The van der Waals surface area contributed by atoms with Gasteiger partial charge >= 0.3 is 0 Å². The Balaban J connectivity index is 1.61. The lowest BCUT2D eigenvalue weighted by Gasteiger charge is -2.32. The minimum atomic E-state index is 0.193. The van der Waals surface area contributed by atoms with Gasteiger partial charge in [-0.15, -0.1) is 0 Å². The average molecular weight is 369 g/mol. The number of hydrogen-bond acceptors (Lipinski definition) is 2. The smallest absolute Gasteiger partial charge is 0.247 e. The maximum atomic E-state index is 12.9. The minimum Gasteiger partial charge on any atom is -0.335 e. The van der Waals surface area contributed by atoms with Crippen LogP contribution in [0.3, 0.4) is 0 Å². The van der Waals surface area contributed by atoms with Crippen molar-refractivity contribution in [1.29, 1.82) is 0 Å². The van der Waals surface area contributed by atoms with Crippen LogP contribution in [0.5, 0.6) is 0 Å². The van der Waals surface area contributed by atoms with E-state index in [1.165, 1.54) is 37.9 Å². The fourth-order valence-corrected chi connectivity index (χ4v) is 4.48. The molecule has 1 aromatic rings. The fourth-order valence-electron chi connectivity index (χ4n) is 4.48. The molecule has 0 aromatic heterocycles. The topological polar surface area (TPSA) is 23.6 Å². The van der Waals surface area contributed by atoms with Crippen LogP contribution in [-0.4, -0.2) is 47.9 Å². The number of carbonyl (C=O) groups is 1. The van der Waals surface area contributed by atoms with Gasteiger partial charge in [-0.2, -0.15) is 0 Å². The SMILES string of the molecule is CC(=CC(=O)N1CCCC1CN1CCCCC1)c1ccc(CC(C)C)cc1. The van der Waals surface area contributed by atoms with Crippen molar-refractivity contribution in [1.82, 2.24) is 9.80 Å². The first kappa shape index (κ1) is 20.1. The lowest BCUT2D eigenvalue weighted by Crippen LogP contribution is -2.44. The summed E-state index contributed by atoms with van der Waals surface area (Å²) in [6.07, 6.45) is 9.24. The Morgan fingerprint density at radius 3 is 2.44 bits per heavy atom. The fraction of sp³-hybridized carbons (Fsp3) is 0.625. The number of carbonyl (C=O) groups excluding carboxylic acids is 1. The highest BCUT2D eigenvalue weighted by Gasteiger charge is 2.29. The molecule has 0 radical (unpaired) electrons. The summed E-state index contributed by atoms with van der Waals surface area (Å²) in [5, 5.41) is 0. The zero-order valence-corrected chi connectivity index (χ0v) is 17.4. The third-order valence-electron chi connectivity index (χ3n) is 5.97. The highest BCUT2D eigenvalue weighted by Crippen LogP contribution is 2.22. The van der Waals surface area contributed by atoms with Crippen molar-refractivity contribution in [3.05, 3.63) is 41.5 Å². The zero-order chi connectivity index (χ0) is 19.2. The summed E-state index contributed by atoms with van der Waals surface area (Å²) in [5.74, 6) is 0.860. The van der Waals surface area contributed by atoms with E-state index in [0.717, 1.165) is 43.5 Å². The molecular weight excluding hydrogens is 332 g/mol. The number of likely N-dealkylation sites (tertiary alicyclic amines) is 2. The van der Waals surface area contributed by atoms with Gasteiger partial charge < -0.3 is 9.80 Å². The number of benzene rings is 1. The van der Waals surface area contributed by atoms with Gasteiger partial charge in [-0.3, -0.25) is 4.79 Å². The van der Waals surface area contributed by atoms with Crippen molar-refractivity contribution in [2.45, 2.75) is 65.3 Å². The van der Waals surface area contributed by atoms with Crippen molar-refractivity contribution >= 4 is 11.5 Å². The third kappa shape index (κ3) is 5.68. The normalized spacial score (nSPS) is 21.9. The molecule has 0 bridgehead atoms. The molecular formula is C24H36N2O. The van der Waals surface area contributed by atoms with E-state index in [1.807, 2.05) is 6.08 Å². The van der Waals surface area contributed by atoms with Gasteiger partial charge in [0.1, 0.15) is 0 Å². The van der Waals surface area contributed by atoms with Crippen LogP contribution in [0.4, 0.5) is 0 Å². The molecule has 3 rings (SSSR count). The summed E-state index contributed by atoms with van der Waals surface area (Å²) < 4.78 is 0. The third-order valence-corrected chi connectivity index (χ3v) is 5.97. The molecule has 0 aliphatic carbocycles. The zero-order valence-electron chi connectivity index (χ0n) is 17.4. The quantitative estimate of drug-likeness (QED) is 0.676. The van der Waals surface area contributed by atoms with Gasteiger partial charge in [0.2, 0.25) is 5.91 Å². The van der Waals surface area contributed by atoms with E-state index in [2.05, 4.69) is 54.8 Å². The molecule has 1 unspecified atom stereocenters. The molecule has 0 spiro atoms. The lowest BCUT2D eigenvalue weighted by atomic mass is 9.99. The highest BCUT2D eigenvalue weighted by atomic mass is 16.2. The Kier molecular flexibility index (Phi) is 7.12. The summed E-state index contributed by atoms with van der Waals surface area (Å²) in [7, 11) is 0. The van der Waals surface area contributed by atoms with Crippen LogP contribution in [0.2, 0.25) is 0 Å². The Bertz CT molecular complexity index is 641. The van der Waals surface area contributed by atoms with E-state index in [0.29, 0.717) is 12.0 Å². The van der Waals surface area contributed by atoms with E-state index >= 15 is 0 Å². The van der Waals surface area contributed by atoms with Crippen LogP contribution < -0.4 is 0 Å². The number of hydrogen-bond donors (Lipinski definition) is 0. The van der Waals surface area contributed by atoms with Crippen LogP contribution in [-0.2, 0) is 11.2 Å². The molecule has 2 saturated heterocycles. The van der Waals surface area contributed by atoms with Gasteiger partial charge in [-0.1, -0.05) is 44.5 Å². The number of rotatable bonds is 6. The van der Waals surface area contributed by atoms with Gasteiger partial charge in [-0.05, 0) is 74.7 Å². The largest absolute Gasteiger partial charge is 0.335 e. The first-order chi connectivity index (χ1) is 13.0. The molecule has 2 fully saturated rings. The molecule has 0 saturated carbocycles. The van der Waals surface area contributed by atoms with Gasteiger partial charge in [0.15, 0.2) is 0 Å². The van der Waals surface area contributed by atoms with Gasteiger partial charge in [0.05, 0.1) is 0 Å². The van der Waals surface area contributed by atoms with Crippen molar-refractivity contribution in [3.63, 3.8) is 0 Å². The molecule has 1 atom stereocenters. The van der Waals surface area contributed by atoms with Crippen LogP contribution in [0.25, 0.3) is 5.57 Å². The molecule has 0 N–H and O–H groups in total. The van der Waals surface area contributed by atoms with E-state index in [-0.39, 0.29) is 5.91 Å². The maximum Gasteiger partial charge on any atom is 0.247 e. The average Bonchev–Trinajstić information content (AvgIpc) is 3.11. The molecule has 148 valence electrons. The van der Waals surface area contributed by atoms with E-state index < -0.39 is 0 Å². The summed E-state index contributed by atoms with van der Waals surface area (Å²) in [5.41, 5.74) is 3.59. The monoisotopic (exact) mass is 368 g/mol. The molecule has 3 heteroatoms. The molecule has 1 amide bonds. The highest BCUT2D eigenvalue weighted by molar-refractivity contribution is 5.95. The minimum absolute atomic E-state index is 0.193. The Morgan fingerprint density at radius 1 is 1.07 bits per heavy atom. The Hall–Kier alpha value is -1.61. The predicted molar refractivity (Wildman–Crippen MR) is 114 cm³/mol. The van der Waals surface area contributed by atoms with Crippen molar-refractivity contribution < 1.29 is 4.79 Å². The van der Waals surface area contributed by atoms with Gasteiger partial charge in [-0.25, -0.2) is 0 Å². The summed E-state index contributed by atoms with van der Waals surface area (Å²) in [6, 6.07) is 9.11. The second kappa shape index (κ2) is 9.54. The molecule has 2 aliphatic heterocycles. The first-order valence-corrected chi connectivity index (χ1v) is 10.8.